The van der Waals surface area contributed by atoms with Gasteiger partial charge in [0.25, 0.3) is 0 Å². The van der Waals surface area contributed by atoms with Crippen LogP contribution in [0.25, 0.3) is 6.08 Å². The zero-order valence-corrected chi connectivity index (χ0v) is 12.5. The molecule has 2 rings (SSSR count). The minimum absolute atomic E-state index is 0. The molecule has 1 heterocycles. The summed E-state index contributed by atoms with van der Waals surface area (Å²) in [5, 5.41) is 3.39. The van der Waals surface area contributed by atoms with Crippen LogP contribution in [-0.4, -0.2) is 37.6 Å². The summed E-state index contributed by atoms with van der Waals surface area (Å²) < 4.78 is 0. The first-order valence-electron chi connectivity index (χ1n) is 6.99. The number of hydrogen-bond acceptors (Lipinski definition) is 2. The van der Waals surface area contributed by atoms with Crippen molar-refractivity contribution in [2.45, 2.75) is 25.3 Å². The zero-order valence-electron chi connectivity index (χ0n) is 11.7. The zero-order chi connectivity index (χ0) is 12.6. The fourth-order valence-electron chi connectivity index (χ4n) is 2.53. The van der Waals surface area contributed by atoms with Gasteiger partial charge in [0.2, 0.25) is 0 Å². The predicted molar refractivity (Wildman–Crippen MR) is 85.9 cm³/mol. The molecular formula is C16H25ClN2. The number of likely N-dealkylation sites (N-methyl/N-ethyl adjacent to an activating group) is 1. The average molecular weight is 281 g/mol. The van der Waals surface area contributed by atoms with Crippen molar-refractivity contribution in [2.24, 2.45) is 0 Å². The van der Waals surface area contributed by atoms with Crippen molar-refractivity contribution in [1.82, 2.24) is 10.2 Å². The first-order chi connectivity index (χ1) is 8.88. The van der Waals surface area contributed by atoms with Gasteiger partial charge >= 0.3 is 0 Å². The summed E-state index contributed by atoms with van der Waals surface area (Å²) in [5.74, 6) is 0. The third-order valence-corrected chi connectivity index (χ3v) is 3.64. The lowest BCUT2D eigenvalue weighted by molar-refractivity contribution is 0.198. The second-order valence-electron chi connectivity index (χ2n) is 5.03. The van der Waals surface area contributed by atoms with Gasteiger partial charge in [0.05, 0.1) is 0 Å². The van der Waals surface area contributed by atoms with Gasteiger partial charge in [0, 0.05) is 19.1 Å². The Morgan fingerprint density at radius 3 is 2.84 bits per heavy atom. The molecule has 106 valence electrons. The van der Waals surface area contributed by atoms with E-state index >= 15 is 0 Å². The van der Waals surface area contributed by atoms with E-state index in [9.17, 15) is 0 Å². The van der Waals surface area contributed by atoms with Crippen LogP contribution in [0.15, 0.2) is 36.4 Å². The van der Waals surface area contributed by atoms with Crippen LogP contribution >= 0.6 is 12.4 Å². The molecule has 1 atom stereocenters. The van der Waals surface area contributed by atoms with E-state index in [1.165, 1.54) is 38.0 Å². The van der Waals surface area contributed by atoms with Crippen molar-refractivity contribution in [2.75, 3.05) is 26.7 Å². The molecule has 0 saturated carbocycles. The predicted octanol–water partition coefficient (Wildman–Crippen LogP) is 3.20. The minimum Gasteiger partial charge on any atom is -0.316 e. The number of nitrogens with one attached hydrogen (secondary N) is 1. The van der Waals surface area contributed by atoms with Crippen LogP contribution in [0.1, 0.15) is 24.8 Å². The number of hydrogen-bond donors (Lipinski definition) is 1. The Morgan fingerprint density at radius 1 is 1.32 bits per heavy atom. The van der Waals surface area contributed by atoms with Crippen LogP contribution in [0.3, 0.4) is 0 Å². The van der Waals surface area contributed by atoms with Gasteiger partial charge in [-0.3, -0.25) is 0 Å². The average Bonchev–Trinajstić information content (AvgIpc) is 2.45. The van der Waals surface area contributed by atoms with Gasteiger partial charge in [0.1, 0.15) is 0 Å². The number of halogens is 1. The molecule has 3 heteroatoms. The van der Waals surface area contributed by atoms with E-state index in [2.05, 4.69) is 59.7 Å². The van der Waals surface area contributed by atoms with E-state index in [-0.39, 0.29) is 12.4 Å². The van der Waals surface area contributed by atoms with E-state index in [4.69, 9.17) is 0 Å². The van der Waals surface area contributed by atoms with Gasteiger partial charge in [-0.05, 0) is 38.4 Å². The normalized spacial score (nSPS) is 20.4. The fourth-order valence-corrected chi connectivity index (χ4v) is 2.53. The number of nitrogens with zero attached hydrogens (tertiary/aromatic N) is 1. The molecular weight excluding hydrogens is 256 g/mol. The SMILES string of the molecule is CNC1CCCN(CCC=Cc2ccccc2)C1.Cl. The van der Waals surface area contributed by atoms with Gasteiger partial charge in [-0.2, -0.15) is 0 Å². The number of likely N-dealkylation sites (tertiary alicyclic amines) is 1. The van der Waals surface area contributed by atoms with E-state index in [0.717, 1.165) is 6.42 Å². The van der Waals surface area contributed by atoms with Crippen molar-refractivity contribution < 1.29 is 0 Å². The summed E-state index contributed by atoms with van der Waals surface area (Å²) >= 11 is 0. The molecule has 0 spiro atoms. The van der Waals surface area contributed by atoms with Crippen molar-refractivity contribution in [3.05, 3.63) is 42.0 Å². The van der Waals surface area contributed by atoms with Crippen molar-refractivity contribution in [1.29, 1.82) is 0 Å². The summed E-state index contributed by atoms with van der Waals surface area (Å²) in [6, 6.07) is 11.2. The van der Waals surface area contributed by atoms with Crippen molar-refractivity contribution in [3.8, 4) is 0 Å². The monoisotopic (exact) mass is 280 g/mol. The standard InChI is InChI=1S/C16H24N2.ClH/c1-17-16-11-7-13-18(14-16)12-6-5-10-15-8-3-2-4-9-15;/h2-5,8-10,16-17H,6-7,11-14H2,1H3;1H. The van der Waals surface area contributed by atoms with Crippen LogP contribution in [-0.2, 0) is 0 Å². The highest BCUT2D eigenvalue weighted by molar-refractivity contribution is 5.85. The first kappa shape index (κ1) is 16.2. The second kappa shape index (κ2) is 9.13. The highest BCUT2D eigenvalue weighted by Crippen LogP contribution is 2.10. The van der Waals surface area contributed by atoms with Gasteiger partial charge < -0.3 is 10.2 Å². The third kappa shape index (κ3) is 5.77. The Hall–Kier alpha value is -0.830. The molecule has 1 saturated heterocycles. The van der Waals surface area contributed by atoms with Crippen molar-refractivity contribution >= 4 is 18.5 Å². The second-order valence-corrected chi connectivity index (χ2v) is 5.03. The molecule has 0 bridgehead atoms. The molecule has 0 amide bonds. The number of piperidine rings is 1. The Kier molecular flexibility index (Phi) is 7.80. The van der Waals surface area contributed by atoms with Gasteiger partial charge in [-0.25, -0.2) is 0 Å². The fraction of sp³-hybridized carbons (Fsp3) is 0.500. The largest absolute Gasteiger partial charge is 0.316 e. The third-order valence-electron chi connectivity index (χ3n) is 3.64. The summed E-state index contributed by atoms with van der Waals surface area (Å²) in [7, 11) is 2.07. The van der Waals surface area contributed by atoms with Gasteiger partial charge in [-0.1, -0.05) is 42.5 Å². The molecule has 1 aliphatic heterocycles. The lowest BCUT2D eigenvalue weighted by Crippen LogP contribution is -2.44. The maximum atomic E-state index is 3.39. The summed E-state index contributed by atoms with van der Waals surface area (Å²) in [6.07, 6.45) is 8.31. The molecule has 1 N–H and O–H groups in total. The van der Waals surface area contributed by atoms with Crippen LogP contribution in [0.2, 0.25) is 0 Å². The Bertz CT molecular complexity index is 364. The maximum absolute atomic E-state index is 3.39. The van der Waals surface area contributed by atoms with Crippen LogP contribution in [0, 0.1) is 0 Å². The van der Waals surface area contributed by atoms with E-state index in [1.807, 2.05) is 0 Å². The molecule has 1 aliphatic rings. The molecule has 1 unspecified atom stereocenters. The molecule has 0 aliphatic carbocycles. The van der Waals surface area contributed by atoms with E-state index < -0.39 is 0 Å². The molecule has 0 radical (unpaired) electrons. The summed E-state index contributed by atoms with van der Waals surface area (Å²) in [4.78, 5) is 2.57. The van der Waals surface area contributed by atoms with Crippen molar-refractivity contribution in [3.63, 3.8) is 0 Å². The Labute approximate surface area is 123 Å². The maximum Gasteiger partial charge on any atom is 0.0192 e. The quantitative estimate of drug-likeness (QED) is 0.891. The highest BCUT2D eigenvalue weighted by atomic mass is 35.5. The van der Waals surface area contributed by atoms with Crippen LogP contribution in [0.5, 0.6) is 0 Å². The minimum atomic E-state index is 0. The number of benzene rings is 1. The first-order valence-corrected chi connectivity index (χ1v) is 6.99. The lowest BCUT2D eigenvalue weighted by atomic mass is 10.1. The highest BCUT2D eigenvalue weighted by Gasteiger charge is 2.16. The van der Waals surface area contributed by atoms with E-state index in [1.54, 1.807) is 0 Å². The molecule has 19 heavy (non-hydrogen) atoms. The molecule has 0 aromatic heterocycles. The van der Waals surface area contributed by atoms with Crippen LogP contribution in [0.4, 0.5) is 0 Å². The molecule has 2 nitrogen and oxygen atoms in total. The topological polar surface area (TPSA) is 15.3 Å². The van der Waals surface area contributed by atoms with E-state index in [0.29, 0.717) is 6.04 Å². The lowest BCUT2D eigenvalue weighted by Gasteiger charge is -2.32. The molecule has 1 fully saturated rings. The number of rotatable bonds is 5. The molecule has 1 aromatic carbocycles. The van der Waals surface area contributed by atoms with Crippen LogP contribution < -0.4 is 5.32 Å². The summed E-state index contributed by atoms with van der Waals surface area (Å²) in [5.41, 5.74) is 1.30. The Balaban J connectivity index is 0.00000180. The smallest absolute Gasteiger partial charge is 0.0192 e. The summed E-state index contributed by atoms with van der Waals surface area (Å²) in [6.45, 7) is 3.65. The Morgan fingerprint density at radius 2 is 2.11 bits per heavy atom. The van der Waals surface area contributed by atoms with Gasteiger partial charge in [-0.15, -0.1) is 12.4 Å². The molecule has 1 aromatic rings. The van der Waals surface area contributed by atoms with Gasteiger partial charge in [0.15, 0.2) is 0 Å².